The van der Waals surface area contributed by atoms with E-state index in [9.17, 15) is 37.5 Å². The largest absolute Gasteiger partial charge is 0.479 e. The number of benzene rings is 4. The van der Waals surface area contributed by atoms with Gasteiger partial charge in [-0.15, -0.1) is 11.3 Å². The number of carboxylic acid groups (broad SMARTS) is 2. The number of carbonyl (C=O) groups is 5. The van der Waals surface area contributed by atoms with E-state index < -0.39 is 46.1 Å². The number of amides is 3. The van der Waals surface area contributed by atoms with Crippen molar-refractivity contribution >= 4 is 102 Å². The van der Waals surface area contributed by atoms with Crippen molar-refractivity contribution in [2.45, 2.75) is 102 Å². The first-order valence-electron chi connectivity index (χ1n) is 24.3. The number of sulfonamides is 1. The number of thiophene rings is 1. The maximum absolute atomic E-state index is 14.3. The van der Waals surface area contributed by atoms with Gasteiger partial charge in [0, 0.05) is 53.8 Å². The van der Waals surface area contributed by atoms with E-state index in [4.69, 9.17) is 30.8 Å². The van der Waals surface area contributed by atoms with E-state index in [2.05, 4.69) is 41.5 Å². The van der Waals surface area contributed by atoms with Crippen LogP contribution in [0, 0.1) is 11.3 Å². The molecule has 5 unspecified atom stereocenters. The number of carboxylic acids is 2. The molecule has 0 spiro atoms. The third kappa shape index (κ3) is 8.56. The van der Waals surface area contributed by atoms with Crippen LogP contribution >= 0.6 is 22.9 Å². The lowest BCUT2D eigenvalue weighted by atomic mass is 9.58. The number of nitrogens with zero attached hydrogens (tertiary/aromatic N) is 4. The molecule has 2 aromatic heterocycles. The zero-order valence-corrected chi connectivity index (χ0v) is 42.8. The highest BCUT2D eigenvalue weighted by Crippen LogP contribution is 2.56. The topological polar surface area (TPSA) is 229 Å². The van der Waals surface area contributed by atoms with Crippen LogP contribution in [0.1, 0.15) is 103 Å². The van der Waals surface area contributed by atoms with Crippen LogP contribution in [0.15, 0.2) is 77.2 Å². The van der Waals surface area contributed by atoms with E-state index in [1.807, 2.05) is 44.2 Å². The lowest BCUT2D eigenvalue weighted by Gasteiger charge is -2.57. The van der Waals surface area contributed by atoms with E-state index >= 15 is 0 Å². The number of ether oxygens (including phenoxy) is 1. The Morgan fingerprint density at radius 3 is 2.53 bits per heavy atom. The molecule has 20 heteroatoms. The average molecular weight is 1050 g/mol. The minimum absolute atomic E-state index is 0.00685. The summed E-state index contributed by atoms with van der Waals surface area (Å²) < 4.78 is 41.9. The lowest BCUT2D eigenvalue weighted by molar-refractivity contribution is -0.139. The molecule has 5 aliphatic heterocycles. The van der Waals surface area contributed by atoms with Gasteiger partial charge in [0.25, 0.3) is 11.9 Å². The van der Waals surface area contributed by atoms with Gasteiger partial charge in [-0.2, -0.15) is 9.29 Å². The van der Waals surface area contributed by atoms with Gasteiger partial charge < -0.3 is 29.6 Å². The van der Waals surface area contributed by atoms with Crippen LogP contribution in [0.5, 0.6) is 5.75 Å². The van der Waals surface area contributed by atoms with Gasteiger partial charge in [-0.05, 0) is 122 Å². The van der Waals surface area contributed by atoms with Crippen molar-refractivity contribution in [1.82, 2.24) is 14.6 Å². The molecule has 1 aliphatic carbocycles. The summed E-state index contributed by atoms with van der Waals surface area (Å²) in [6.07, 6.45) is 3.26. The summed E-state index contributed by atoms with van der Waals surface area (Å²) in [4.78, 5) is 71.0. The van der Waals surface area contributed by atoms with Crippen molar-refractivity contribution in [3.05, 3.63) is 99.4 Å². The number of nitrogens with one attached hydrogen (secondary N) is 2. The smallest absolute Gasteiger partial charge is 0.349 e. The molecule has 6 aromatic rings. The van der Waals surface area contributed by atoms with Crippen LogP contribution < -0.4 is 25.2 Å². The van der Waals surface area contributed by atoms with Gasteiger partial charge in [0.05, 0.1) is 16.3 Å². The maximum atomic E-state index is 14.3. The molecule has 3 amide bonds. The Morgan fingerprint density at radius 1 is 1.00 bits per heavy atom. The number of piperidine rings is 4. The molecule has 73 heavy (non-hydrogen) atoms. The highest BCUT2D eigenvalue weighted by atomic mass is 35.5. The Labute approximate surface area is 429 Å². The number of rotatable bonds is 13. The van der Waals surface area contributed by atoms with E-state index in [1.165, 1.54) is 5.56 Å². The fraction of sp³-hybridized carbons (Fsp3) is 0.396. The van der Waals surface area contributed by atoms with Crippen LogP contribution in [0.25, 0.3) is 32.3 Å². The molecule has 380 valence electrons. The summed E-state index contributed by atoms with van der Waals surface area (Å²) in [5.41, 5.74) is 4.67. The number of hydrogen-bond donors (Lipinski definition) is 4. The fourth-order valence-corrected chi connectivity index (χ4v) is 15.8. The van der Waals surface area contributed by atoms with Crippen molar-refractivity contribution in [2.75, 3.05) is 34.8 Å². The van der Waals surface area contributed by atoms with Gasteiger partial charge >= 0.3 is 11.9 Å². The second kappa shape index (κ2) is 17.8. The second-order valence-electron chi connectivity index (χ2n) is 21.3. The monoisotopic (exact) mass is 1050 g/mol. The van der Waals surface area contributed by atoms with Gasteiger partial charge in [0.2, 0.25) is 21.8 Å². The van der Waals surface area contributed by atoms with Crippen molar-refractivity contribution in [3.8, 4) is 16.2 Å². The number of carbonyl (C=O) groups excluding carboxylic acids is 3. The van der Waals surface area contributed by atoms with Crippen LogP contribution in [0.3, 0.4) is 0 Å². The number of oxazole rings is 1. The minimum Gasteiger partial charge on any atom is -0.479 e. The molecule has 7 heterocycles. The van der Waals surface area contributed by atoms with E-state index in [1.54, 1.807) is 39.5 Å². The number of halogens is 1. The van der Waals surface area contributed by atoms with Crippen LogP contribution in [0.2, 0.25) is 5.02 Å². The molecule has 12 rings (SSSR count). The number of aliphatic carboxylic acids is 1. The summed E-state index contributed by atoms with van der Waals surface area (Å²) in [7, 11) is -3.80. The standard InChI is InChI=1S/C53H53ClN6O11S2/c1-52(2)22-29-24-58(40(52)21-35(29)32-12-13-37-43-33(32)9-6-10-34(43)49(65)60(37)38-14-16-41(61)57-48(38)64)51-56-36-19-27(11-15-39(36)71-51)26-73(68,69)59-18-17-31(23-53(59,3)4)55-30-8-5-7-28(20-30)46-44(54)45(70-25-42(62)63)47(72-46)50(66)67/h5-13,15,19-20,29,31,35,38,40,55H,14,16-18,21-26H2,1-4H3,(H,62,63)(H,66,67)(H,57,61,64). The van der Waals surface area contributed by atoms with E-state index in [0.29, 0.717) is 63.8 Å². The number of aromatic carboxylic acids is 1. The van der Waals surface area contributed by atoms with Crippen LogP contribution in [0.4, 0.5) is 17.4 Å². The second-order valence-corrected chi connectivity index (χ2v) is 24.5. The Balaban J connectivity index is 0.772. The summed E-state index contributed by atoms with van der Waals surface area (Å²) >= 11 is 7.45. The molecule has 4 N–H and O–H groups in total. The van der Waals surface area contributed by atoms with E-state index in [0.717, 1.165) is 40.6 Å². The van der Waals surface area contributed by atoms with Gasteiger partial charge in [-0.3, -0.25) is 24.6 Å². The highest BCUT2D eigenvalue weighted by Gasteiger charge is 2.52. The number of fused-ring (bicyclic) bond motifs is 4. The molecule has 5 atom stereocenters. The van der Waals surface area contributed by atoms with Gasteiger partial charge in [0.1, 0.15) is 16.6 Å². The fourth-order valence-electron chi connectivity index (χ4n) is 12.5. The third-order valence-corrected chi connectivity index (χ3v) is 19.3. The summed E-state index contributed by atoms with van der Waals surface area (Å²) in [6.45, 7) is 8.63. The average Bonchev–Trinajstić information content (AvgIpc) is 4.00. The molecule has 1 saturated carbocycles. The van der Waals surface area contributed by atoms with Crippen molar-refractivity contribution in [2.24, 2.45) is 11.3 Å². The number of imide groups is 1. The molecule has 6 aliphatic rings. The lowest BCUT2D eigenvalue weighted by Crippen LogP contribution is -2.59. The first-order valence-corrected chi connectivity index (χ1v) is 27.1. The third-order valence-electron chi connectivity index (χ3n) is 15.5. The Morgan fingerprint density at radius 2 is 1.79 bits per heavy atom. The predicted octanol–water partition coefficient (Wildman–Crippen LogP) is 8.88. The Bertz CT molecular complexity index is 3440. The van der Waals surface area contributed by atoms with Crippen LogP contribution in [-0.4, -0.2) is 101 Å². The highest BCUT2D eigenvalue weighted by molar-refractivity contribution is 7.88. The minimum atomic E-state index is -3.80. The van der Waals surface area contributed by atoms with Gasteiger partial charge in [-0.25, -0.2) is 18.0 Å². The SMILES string of the molecule is CC1(C)CC2CN(c3nc4cc(CS(=O)(=O)N5CCC(Nc6cccc(-c7sc(C(=O)O)c(OCC(=O)O)c7Cl)c6)CC5(C)C)ccc4o3)C1CC2c1ccc2c3c(cccc13)C(=O)N2C1CCC(=O)NC1=O. The number of hydrogen-bond acceptors (Lipinski definition) is 13. The molecule has 5 fully saturated rings. The summed E-state index contributed by atoms with van der Waals surface area (Å²) in [6, 6.07) is 22.2. The summed E-state index contributed by atoms with van der Waals surface area (Å²) in [5, 5.41) is 26.7. The molecule has 17 nitrogen and oxygen atoms in total. The quantitative estimate of drug-likeness (QED) is 0.0792. The number of anilines is 3. The maximum Gasteiger partial charge on any atom is 0.349 e. The van der Waals surface area contributed by atoms with Gasteiger partial charge in [0.15, 0.2) is 22.8 Å². The molecule has 0 radical (unpaired) electrons. The number of aromatic nitrogens is 1. The van der Waals surface area contributed by atoms with Gasteiger partial charge in [-0.1, -0.05) is 61.8 Å². The van der Waals surface area contributed by atoms with E-state index in [-0.39, 0.29) is 81.9 Å². The first-order chi connectivity index (χ1) is 34.7. The Hall–Kier alpha value is -6.54. The predicted molar refractivity (Wildman–Crippen MR) is 276 cm³/mol. The normalized spacial score (nSPS) is 23.6. The molecule has 4 saturated heterocycles. The van der Waals surface area contributed by atoms with Crippen LogP contribution in [-0.2, 0) is 30.2 Å². The molecular weight excluding hydrogens is 996 g/mol. The molecular formula is C53H53ClN6O11S2. The zero-order valence-electron chi connectivity index (χ0n) is 40.4. The molecule has 2 bridgehead atoms. The van der Waals surface area contributed by atoms with Crippen molar-refractivity contribution < 1.29 is 51.8 Å². The summed E-state index contributed by atoms with van der Waals surface area (Å²) in [5.74, 6) is -3.57. The van der Waals surface area contributed by atoms with Crippen molar-refractivity contribution in [3.63, 3.8) is 0 Å². The van der Waals surface area contributed by atoms with Crippen molar-refractivity contribution in [1.29, 1.82) is 0 Å². The molecule has 4 aromatic carbocycles. The zero-order chi connectivity index (χ0) is 51.5. The Kier molecular flexibility index (Phi) is 11.9. The first kappa shape index (κ1) is 48.7.